The van der Waals surface area contributed by atoms with Crippen LogP contribution in [0.4, 0.5) is 0 Å². The van der Waals surface area contributed by atoms with Crippen molar-refractivity contribution in [3.63, 3.8) is 0 Å². The van der Waals surface area contributed by atoms with Gasteiger partial charge in [0.05, 0.1) is 6.54 Å². The van der Waals surface area contributed by atoms with Crippen LogP contribution in [-0.4, -0.2) is 75.2 Å². The fourth-order valence-electron chi connectivity index (χ4n) is 2.05. The highest BCUT2D eigenvalue weighted by atomic mass is 15.3. The number of nitrogens with one attached hydrogen (secondary N) is 2. The lowest BCUT2D eigenvalue weighted by atomic mass is 10.2. The van der Waals surface area contributed by atoms with Gasteiger partial charge >= 0.3 is 0 Å². The van der Waals surface area contributed by atoms with E-state index in [0.29, 0.717) is 6.04 Å². The molecule has 86 valence electrons. The van der Waals surface area contributed by atoms with Crippen molar-refractivity contribution in [3.8, 4) is 0 Å². The molecule has 1 fully saturated rings. The van der Waals surface area contributed by atoms with E-state index in [9.17, 15) is 0 Å². The Morgan fingerprint density at radius 3 is 3.07 bits per heavy atom. The van der Waals surface area contributed by atoms with Crippen molar-refractivity contribution in [2.75, 3.05) is 53.4 Å². The topological polar surface area (TPSA) is 42.9 Å². The van der Waals surface area contributed by atoms with Crippen molar-refractivity contribution >= 4 is 5.96 Å². The van der Waals surface area contributed by atoms with E-state index in [2.05, 4.69) is 39.5 Å². The molecule has 2 aliphatic heterocycles. The molecule has 1 unspecified atom stereocenters. The Morgan fingerprint density at radius 1 is 1.47 bits per heavy atom. The summed E-state index contributed by atoms with van der Waals surface area (Å²) < 4.78 is 0. The van der Waals surface area contributed by atoms with Gasteiger partial charge in [0.15, 0.2) is 5.96 Å². The Balaban J connectivity index is 1.77. The van der Waals surface area contributed by atoms with Crippen LogP contribution in [0.2, 0.25) is 0 Å². The first kappa shape index (κ1) is 10.7. The molecule has 2 rings (SSSR count). The maximum atomic E-state index is 4.33. The van der Waals surface area contributed by atoms with Crippen LogP contribution in [0, 0.1) is 0 Å². The van der Waals surface area contributed by atoms with Crippen LogP contribution < -0.4 is 10.6 Å². The number of hydrogen-bond donors (Lipinski definition) is 2. The summed E-state index contributed by atoms with van der Waals surface area (Å²) in [5.74, 6) is 0.969. The van der Waals surface area contributed by atoms with Gasteiger partial charge in [-0.25, -0.2) is 0 Å². The van der Waals surface area contributed by atoms with Crippen LogP contribution in [0.3, 0.4) is 0 Å². The minimum absolute atomic E-state index is 0.592. The summed E-state index contributed by atoms with van der Waals surface area (Å²) in [4.78, 5) is 9.13. The van der Waals surface area contributed by atoms with Gasteiger partial charge in [-0.1, -0.05) is 0 Å². The average Bonchev–Trinajstić information content (AvgIpc) is 2.72. The van der Waals surface area contributed by atoms with E-state index >= 15 is 0 Å². The fourth-order valence-corrected chi connectivity index (χ4v) is 2.05. The van der Waals surface area contributed by atoms with Crippen LogP contribution in [-0.2, 0) is 0 Å². The fraction of sp³-hybridized carbons (Fsp3) is 0.900. The van der Waals surface area contributed by atoms with Crippen molar-refractivity contribution < 1.29 is 0 Å². The first-order valence-electron chi connectivity index (χ1n) is 5.66. The summed E-state index contributed by atoms with van der Waals surface area (Å²) in [6.45, 7) is 6.32. The van der Waals surface area contributed by atoms with Gasteiger partial charge in [0.1, 0.15) is 0 Å². The van der Waals surface area contributed by atoms with Gasteiger partial charge in [0.25, 0.3) is 0 Å². The number of aliphatic imine (C=N–C) groups is 1. The third-order valence-corrected chi connectivity index (χ3v) is 3.16. The minimum atomic E-state index is 0.592. The predicted octanol–water partition coefficient (Wildman–Crippen LogP) is -1.22. The zero-order chi connectivity index (χ0) is 10.7. The van der Waals surface area contributed by atoms with E-state index in [1.807, 2.05) is 0 Å². The van der Waals surface area contributed by atoms with Crippen LogP contribution in [0.5, 0.6) is 0 Å². The lowest BCUT2D eigenvalue weighted by Gasteiger charge is -2.37. The lowest BCUT2D eigenvalue weighted by Crippen LogP contribution is -2.55. The smallest absolute Gasteiger partial charge is 0.191 e. The van der Waals surface area contributed by atoms with E-state index in [-0.39, 0.29) is 0 Å². The molecular formula is C10H21N5. The van der Waals surface area contributed by atoms with Gasteiger partial charge in [0.2, 0.25) is 0 Å². The molecule has 0 aromatic heterocycles. The van der Waals surface area contributed by atoms with E-state index < -0.39 is 0 Å². The van der Waals surface area contributed by atoms with Crippen molar-refractivity contribution in [1.29, 1.82) is 0 Å². The van der Waals surface area contributed by atoms with Crippen molar-refractivity contribution in [3.05, 3.63) is 0 Å². The molecule has 0 aromatic rings. The van der Waals surface area contributed by atoms with Gasteiger partial charge in [-0.3, -0.25) is 9.89 Å². The highest BCUT2D eigenvalue weighted by Gasteiger charge is 2.22. The molecule has 0 radical (unpaired) electrons. The Morgan fingerprint density at radius 2 is 2.33 bits per heavy atom. The average molecular weight is 211 g/mol. The van der Waals surface area contributed by atoms with E-state index in [1.165, 1.54) is 6.54 Å². The van der Waals surface area contributed by atoms with Crippen molar-refractivity contribution in [1.82, 2.24) is 20.4 Å². The van der Waals surface area contributed by atoms with Crippen LogP contribution in [0.25, 0.3) is 0 Å². The van der Waals surface area contributed by atoms with Crippen LogP contribution in [0.1, 0.15) is 0 Å². The quantitative estimate of drug-likeness (QED) is 0.601. The molecular weight excluding hydrogens is 190 g/mol. The van der Waals surface area contributed by atoms with E-state index in [4.69, 9.17) is 0 Å². The summed E-state index contributed by atoms with van der Waals surface area (Å²) in [5, 5.41) is 6.60. The van der Waals surface area contributed by atoms with Crippen molar-refractivity contribution in [2.45, 2.75) is 6.04 Å². The van der Waals surface area contributed by atoms with Gasteiger partial charge < -0.3 is 15.5 Å². The molecule has 15 heavy (non-hydrogen) atoms. The number of guanidine groups is 1. The molecule has 5 heteroatoms. The van der Waals surface area contributed by atoms with Crippen LogP contribution >= 0.6 is 0 Å². The second-order valence-electron chi connectivity index (χ2n) is 4.43. The second-order valence-corrected chi connectivity index (χ2v) is 4.43. The summed E-state index contributed by atoms with van der Waals surface area (Å²) in [6, 6.07) is 0.592. The highest BCUT2D eigenvalue weighted by Crippen LogP contribution is 2.04. The Labute approximate surface area is 91.5 Å². The molecule has 2 N–H and O–H groups in total. The lowest BCUT2D eigenvalue weighted by molar-refractivity contribution is 0.116. The second kappa shape index (κ2) is 4.81. The number of likely N-dealkylation sites (N-methyl/N-ethyl adjacent to an activating group) is 2. The molecule has 0 aromatic carbocycles. The minimum Gasteiger partial charge on any atom is -0.355 e. The van der Waals surface area contributed by atoms with Gasteiger partial charge in [-0.15, -0.1) is 0 Å². The SMILES string of the molecule is CN1CCN(C)C(CNC2=NCCN2)C1. The first-order chi connectivity index (χ1) is 7.25. The Kier molecular flexibility index (Phi) is 3.43. The molecule has 0 spiro atoms. The summed E-state index contributed by atoms with van der Waals surface area (Å²) in [5.41, 5.74) is 0. The molecule has 5 nitrogen and oxygen atoms in total. The number of hydrogen-bond acceptors (Lipinski definition) is 5. The number of rotatable bonds is 2. The van der Waals surface area contributed by atoms with Gasteiger partial charge in [-0.2, -0.15) is 0 Å². The first-order valence-corrected chi connectivity index (χ1v) is 5.66. The predicted molar refractivity (Wildman–Crippen MR) is 62.2 cm³/mol. The normalized spacial score (nSPS) is 28.7. The molecule has 1 atom stereocenters. The maximum absolute atomic E-state index is 4.33. The van der Waals surface area contributed by atoms with E-state index in [0.717, 1.165) is 38.7 Å². The maximum Gasteiger partial charge on any atom is 0.191 e. The zero-order valence-corrected chi connectivity index (χ0v) is 9.66. The standard InChI is InChI=1S/C10H21N5/c1-14-5-6-15(2)9(8-14)7-13-10-11-3-4-12-10/h9H,3-8H2,1-2H3,(H2,11,12,13). The molecule has 2 heterocycles. The number of piperazine rings is 1. The third kappa shape index (κ3) is 2.82. The molecule has 0 saturated carbocycles. The summed E-state index contributed by atoms with van der Waals surface area (Å²) in [7, 11) is 4.38. The molecule has 1 saturated heterocycles. The zero-order valence-electron chi connectivity index (χ0n) is 9.66. The number of nitrogens with zero attached hydrogens (tertiary/aromatic N) is 3. The monoisotopic (exact) mass is 211 g/mol. The third-order valence-electron chi connectivity index (χ3n) is 3.16. The van der Waals surface area contributed by atoms with E-state index in [1.54, 1.807) is 0 Å². The molecule has 0 aliphatic carbocycles. The molecule has 0 amide bonds. The van der Waals surface area contributed by atoms with Crippen LogP contribution in [0.15, 0.2) is 4.99 Å². The van der Waals surface area contributed by atoms with Gasteiger partial charge in [-0.05, 0) is 14.1 Å². The Bertz CT molecular complexity index is 240. The van der Waals surface area contributed by atoms with Crippen molar-refractivity contribution in [2.24, 2.45) is 4.99 Å². The van der Waals surface area contributed by atoms with Gasteiger partial charge in [0, 0.05) is 38.8 Å². The summed E-state index contributed by atoms with van der Waals surface area (Å²) >= 11 is 0. The Hall–Kier alpha value is -0.810. The summed E-state index contributed by atoms with van der Waals surface area (Å²) in [6.07, 6.45) is 0. The molecule has 2 aliphatic rings. The highest BCUT2D eigenvalue weighted by molar-refractivity contribution is 5.81. The molecule has 0 bridgehead atoms. The largest absolute Gasteiger partial charge is 0.355 e.